The molecule has 0 spiro atoms. The molecule has 3 aromatic carbocycles. The van der Waals surface area contributed by atoms with Crippen molar-refractivity contribution in [3.63, 3.8) is 0 Å². The average Bonchev–Trinajstić information content (AvgIpc) is 3.18. The Hall–Kier alpha value is -4.81. The van der Waals surface area contributed by atoms with Gasteiger partial charge in [-0.2, -0.15) is 10.1 Å². The zero-order chi connectivity index (χ0) is 27.7. The van der Waals surface area contributed by atoms with Gasteiger partial charge < -0.3 is 9.47 Å². The average molecular weight is 533 g/mol. The molecule has 4 rings (SSSR count). The van der Waals surface area contributed by atoms with Gasteiger partial charge in [0.2, 0.25) is 5.82 Å². The summed E-state index contributed by atoms with van der Waals surface area (Å²) in [5.41, 5.74) is -0.897. The molecule has 0 atom stereocenters. The Morgan fingerprint density at radius 3 is 2.26 bits per heavy atom. The second-order valence-electron chi connectivity index (χ2n) is 7.90. The third kappa shape index (κ3) is 4.77. The van der Waals surface area contributed by atoms with Crippen molar-refractivity contribution >= 4 is 29.1 Å². The molecule has 0 aliphatic carbocycles. The quantitative estimate of drug-likeness (QED) is 0.0973. The van der Waals surface area contributed by atoms with E-state index in [1.807, 2.05) is 0 Å². The molecule has 1 amide bonds. The standard InChI is InChI=1S/C25H16F5N3O5/c1-12-16(25(34)32(31-12)24-22(29)20(27)19(26)21(28)23(24)30)9-13-6-7-17(18(10-13)37-2)38-11-14-4-3-5-15(8-14)33(35)36/h3-10H,11H2,1-2H3/b16-9+. The number of anilines is 1. The number of hydrazone groups is 1. The highest BCUT2D eigenvalue weighted by Gasteiger charge is 2.37. The Balaban J connectivity index is 1.60. The van der Waals surface area contributed by atoms with Crippen molar-refractivity contribution in [2.24, 2.45) is 5.10 Å². The van der Waals surface area contributed by atoms with Crippen LogP contribution in [0.15, 0.2) is 53.1 Å². The predicted molar refractivity (Wildman–Crippen MR) is 125 cm³/mol. The van der Waals surface area contributed by atoms with Crippen LogP contribution in [-0.4, -0.2) is 23.7 Å². The van der Waals surface area contributed by atoms with E-state index in [0.29, 0.717) is 11.1 Å². The summed E-state index contributed by atoms with van der Waals surface area (Å²) in [7, 11) is 1.35. The molecule has 0 unspecified atom stereocenters. The second-order valence-corrected chi connectivity index (χ2v) is 7.90. The number of amides is 1. The molecule has 13 heteroatoms. The van der Waals surface area contributed by atoms with Crippen molar-refractivity contribution in [2.45, 2.75) is 13.5 Å². The van der Waals surface area contributed by atoms with Gasteiger partial charge in [0.1, 0.15) is 12.3 Å². The van der Waals surface area contributed by atoms with E-state index < -0.39 is 45.6 Å². The molecule has 1 aliphatic heterocycles. The minimum absolute atomic E-state index is 0.0143. The van der Waals surface area contributed by atoms with E-state index in [4.69, 9.17) is 9.47 Å². The minimum atomic E-state index is -2.35. The first-order valence-electron chi connectivity index (χ1n) is 10.7. The molecule has 0 saturated carbocycles. The van der Waals surface area contributed by atoms with Crippen LogP contribution in [-0.2, 0) is 11.4 Å². The van der Waals surface area contributed by atoms with Crippen LogP contribution in [0.1, 0.15) is 18.1 Å². The van der Waals surface area contributed by atoms with Gasteiger partial charge in [0.05, 0.1) is 23.3 Å². The number of non-ortho nitro benzene ring substituents is 1. The van der Waals surface area contributed by atoms with Crippen molar-refractivity contribution < 1.29 is 41.1 Å². The molecule has 0 radical (unpaired) electrons. The minimum Gasteiger partial charge on any atom is -0.493 e. The Morgan fingerprint density at radius 1 is 0.974 bits per heavy atom. The van der Waals surface area contributed by atoms with Crippen LogP contribution in [0.4, 0.5) is 33.3 Å². The molecule has 0 fully saturated rings. The monoisotopic (exact) mass is 533 g/mol. The summed E-state index contributed by atoms with van der Waals surface area (Å²) >= 11 is 0. The van der Waals surface area contributed by atoms with E-state index in [9.17, 15) is 36.9 Å². The Labute approximate surface area is 211 Å². The van der Waals surface area contributed by atoms with Crippen molar-refractivity contribution in [1.29, 1.82) is 0 Å². The fourth-order valence-corrected chi connectivity index (χ4v) is 3.60. The molecule has 196 valence electrons. The lowest BCUT2D eigenvalue weighted by molar-refractivity contribution is -0.384. The van der Waals surface area contributed by atoms with Crippen LogP contribution in [0.5, 0.6) is 11.5 Å². The molecule has 8 nitrogen and oxygen atoms in total. The lowest BCUT2D eigenvalue weighted by Crippen LogP contribution is -2.25. The largest absolute Gasteiger partial charge is 0.493 e. The maximum Gasteiger partial charge on any atom is 0.280 e. The lowest BCUT2D eigenvalue weighted by atomic mass is 10.1. The topological polar surface area (TPSA) is 94.3 Å². The number of halogens is 5. The van der Waals surface area contributed by atoms with Gasteiger partial charge in [-0.1, -0.05) is 18.2 Å². The van der Waals surface area contributed by atoms with E-state index in [1.165, 1.54) is 56.5 Å². The summed E-state index contributed by atoms with van der Waals surface area (Å²) in [5, 5.41) is 14.8. The highest BCUT2D eigenvalue weighted by molar-refractivity contribution is 6.32. The van der Waals surface area contributed by atoms with Gasteiger partial charge in [0.15, 0.2) is 34.8 Å². The van der Waals surface area contributed by atoms with Gasteiger partial charge >= 0.3 is 0 Å². The van der Waals surface area contributed by atoms with Crippen LogP contribution < -0.4 is 14.5 Å². The summed E-state index contributed by atoms with van der Waals surface area (Å²) in [6, 6.07) is 10.3. The predicted octanol–water partition coefficient (Wildman–Crippen LogP) is 5.68. The van der Waals surface area contributed by atoms with Gasteiger partial charge in [-0.15, -0.1) is 0 Å². The molecular formula is C25H16F5N3O5. The van der Waals surface area contributed by atoms with Crippen LogP contribution in [0.2, 0.25) is 0 Å². The number of ether oxygens (including phenoxy) is 2. The Kier molecular flexibility index (Phi) is 7.10. The smallest absolute Gasteiger partial charge is 0.280 e. The molecule has 1 heterocycles. The maximum absolute atomic E-state index is 14.2. The molecule has 0 aromatic heterocycles. The van der Waals surface area contributed by atoms with Gasteiger partial charge in [0.25, 0.3) is 11.6 Å². The van der Waals surface area contributed by atoms with Crippen LogP contribution >= 0.6 is 0 Å². The number of hydrogen-bond acceptors (Lipinski definition) is 6. The fourth-order valence-electron chi connectivity index (χ4n) is 3.60. The summed E-state index contributed by atoms with van der Waals surface area (Å²) in [6.07, 6.45) is 1.29. The molecule has 0 saturated heterocycles. The van der Waals surface area contributed by atoms with E-state index in [0.717, 1.165) is 0 Å². The van der Waals surface area contributed by atoms with Crippen molar-refractivity contribution in [2.75, 3.05) is 12.1 Å². The Bertz CT molecular complexity index is 1510. The molecule has 0 bridgehead atoms. The SMILES string of the molecule is COc1cc(/C=C2/C(=O)N(c3c(F)c(F)c(F)c(F)c3F)N=C2C)ccc1OCc1cccc([N+](=O)[O-])c1. The third-order valence-corrected chi connectivity index (χ3v) is 5.48. The van der Waals surface area contributed by atoms with Crippen LogP contribution in [0, 0.1) is 39.2 Å². The number of nitrogens with zero attached hydrogens (tertiary/aromatic N) is 3. The van der Waals surface area contributed by atoms with Crippen molar-refractivity contribution in [1.82, 2.24) is 0 Å². The zero-order valence-electron chi connectivity index (χ0n) is 19.6. The number of carbonyl (C=O) groups is 1. The molecule has 1 aliphatic rings. The molecule has 3 aromatic rings. The first-order valence-corrected chi connectivity index (χ1v) is 10.7. The van der Waals surface area contributed by atoms with Gasteiger partial charge in [-0.3, -0.25) is 14.9 Å². The van der Waals surface area contributed by atoms with Crippen molar-refractivity contribution in [3.05, 3.63) is 98.4 Å². The molecular weight excluding hydrogens is 517 g/mol. The molecule has 0 N–H and O–H groups in total. The number of carbonyl (C=O) groups excluding carboxylic acids is 1. The molecule has 38 heavy (non-hydrogen) atoms. The van der Waals surface area contributed by atoms with Crippen LogP contribution in [0.25, 0.3) is 6.08 Å². The van der Waals surface area contributed by atoms with Gasteiger partial charge in [-0.05, 0) is 36.3 Å². The first kappa shape index (κ1) is 26.3. The van der Waals surface area contributed by atoms with Gasteiger partial charge in [-0.25, -0.2) is 22.0 Å². The van der Waals surface area contributed by atoms with Gasteiger partial charge in [0, 0.05) is 12.1 Å². The summed E-state index contributed by atoms with van der Waals surface area (Å²) < 4.78 is 80.2. The van der Waals surface area contributed by atoms with Crippen LogP contribution in [0.3, 0.4) is 0 Å². The number of hydrogen-bond donors (Lipinski definition) is 0. The van der Waals surface area contributed by atoms with E-state index in [1.54, 1.807) is 6.07 Å². The van der Waals surface area contributed by atoms with E-state index in [-0.39, 0.29) is 40.1 Å². The summed E-state index contributed by atoms with van der Waals surface area (Å²) in [6.45, 7) is 1.31. The van der Waals surface area contributed by atoms with E-state index in [2.05, 4.69) is 5.10 Å². The third-order valence-electron chi connectivity index (χ3n) is 5.48. The zero-order valence-corrected chi connectivity index (χ0v) is 19.6. The highest BCUT2D eigenvalue weighted by Crippen LogP contribution is 2.35. The summed E-state index contributed by atoms with van der Waals surface area (Å²) in [5.74, 6) is -11.8. The fraction of sp³-hybridized carbons (Fsp3) is 0.120. The number of nitro groups is 1. The lowest BCUT2D eigenvalue weighted by Gasteiger charge is -2.15. The first-order chi connectivity index (χ1) is 18.0. The second kappa shape index (κ2) is 10.3. The normalized spacial score (nSPS) is 14.2. The Morgan fingerprint density at radius 2 is 1.63 bits per heavy atom. The number of benzene rings is 3. The van der Waals surface area contributed by atoms with E-state index >= 15 is 0 Å². The number of rotatable bonds is 7. The maximum atomic E-state index is 14.2. The highest BCUT2D eigenvalue weighted by atomic mass is 19.2. The number of nitro benzene ring substituents is 1. The number of methoxy groups -OCH3 is 1. The van der Waals surface area contributed by atoms with Crippen molar-refractivity contribution in [3.8, 4) is 11.5 Å². The summed E-state index contributed by atoms with van der Waals surface area (Å²) in [4.78, 5) is 23.3.